The van der Waals surface area contributed by atoms with E-state index in [1.807, 2.05) is 0 Å². The van der Waals surface area contributed by atoms with E-state index in [-0.39, 0.29) is 0 Å². The third-order valence-electron chi connectivity index (χ3n) is 4.15. The lowest BCUT2D eigenvalue weighted by Gasteiger charge is -2.26. The van der Waals surface area contributed by atoms with Gasteiger partial charge in [-0.25, -0.2) is 0 Å². The number of hydrogen-bond donors (Lipinski definition) is 0. The molecule has 0 aliphatic heterocycles. The summed E-state index contributed by atoms with van der Waals surface area (Å²) in [7, 11) is 0. The molecule has 0 amide bonds. The molecule has 0 spiro atoms. The molecule has 1 rings (SSSR count). The molecule has 0 saturated heterocycles. The highest BCUT2D eigenvalue weighted by molar-refractivity contribution is 4.70. The SMILES string of the molecule is CC(C)CCC(C)C1CCCCCCC1. The summed E-state index contributed by atoms with van der Waals surface area (Å²) in [4.78, 5) is 0. The summed E-state index contributed by atoms with van der Waals surface area (Å²) >= 11 is 0. The summed E-state index contributed by atoms with van der Waals surface area (Å²) in [6, 6.07) is 0. The first-order chi connectivity index (χ1) is 7.20. The molecule has 1 atom stereocenters. The van der Waals surface area contributed by atoms with E-state index < -0.39 is 0 Å². The minimum Gasteiger partial charge on any atom is -0.0628 e. The molecule has 1 aliphatic rings. The summed E-state index contributed by atoms with van der Waals surface area (Å²) < 4.78 is 0. The van der Waals surface area contributed by atoms with Crippen molar-refractivity contribution in [2.45, 2.75) is 78.6 Å². The van der Waals surface area contributed by atoms with Gasteiger partial charge >= 0.3 is 0 Å². The Morgan fingerprint density at radius 2 is 1.33 bits per heavy atom. The van der Waals surface area contributed by atoms with E-state index in [4.69, 9.17) is 0 Å². The maximum absolute atomic E-state index is 2.49. The smallest absolute Gasteiger partial charge is 0.0388 e. The van der Waals surface area contributed by atoms with Gasteiger partial charge in [-0.2, -0.15) is 0 Å². The highest BCUT2D eigenvalue weighted by Gasteiger charge is 2.18. The Morgan fingerprint density at radius 1 is 0.800 bits per heavy atom. The maximum atomic E-state index is 2.49. The van der Waals surface area contributed by atoms with Crippen molar-refractivity contribution in [3.05, 3.63) is 0 Å². The van der Waals surface area contributed by atoms with Gasteiger partial charge in [0, 0.05) is 0 Å². The van der Waals surface area contributed by atoms with Crippen LogP contribution in [-0.4, -0.2) is 0 Å². The van der Waals surface area contributed by atoms with Crippen LogP contribution in [0, 0.1) is 17.8 Å². The Kier molecular flexibility index (Phi) is 6.36. The molecule has 90 valence electrons. The molecule has 0 aromatic heterocycles. The van der Waals surface area contributed by atoms with Gasteiger partial charge in [0.05, 0.1) is 0 Å². The second-order valence-corrected chi connectivity index (χ2v) is 6.05. The van der Waals surface area contributed by atoms with Crippen molar-refractivity contribution in [1.82, 2.24) is 0 Å². The molecule has 1 fully saturated rings. The second-order valence-electron chi connectivity index (χ2n) is 6.05. The standard InChI is InChI=1S/C15H30/c1-13(2)11-12-14(3)15-9-7-5-4-6-8-10-15/h13-15H,4-12H2,1-3H3. The van der Waals surface area contributed by atoms with Crippen LogP contribution in [0.25, 0.3) is 0 Å². The van der Waals surface area contributed by atoms with Crippen LogP contribution in [0.2, 0.25) is 0 Å². The molecule has 0 aromatic carbocycles. The Labute approximate surface area is 96.8 Å². The number of hydrogen-bond acceptors (Lipinski definition) is 0. The van der Waals surface area contributed by atoms with Crippen LogP contribution in [0.1, 0.15) is 78.6 Å². The minimum absolute atomic E-state index is 0.890. The van der Waals surface area contributed by atoms with Crippen LogP contribution < -0.4 is 0 Å². The van der Waals surface area contributed by atoms with E-state index in [0.29, 0.717) is 0 Å². The van der Waals surface area contributed by atoms with Crippen molar-refractivity contribution in [3.8, 4) is 0 Å². The maximum Gasteiger partial charge on any atom is -0.0388 e. The molecule has 1 unspecified atom stereocenters. The molecule has 0 heteroatoms. The lowest BCUT2D eigenvalue weighted by molar-refractivity contribution is 0.257. The third-order valence-corrected chi connectivity index (χ3v) is 4.15. The topological polar surface area (TPSA) is 0 Å². The molecule has 0 heterocycles. The first-order valence-electron chi connectivity index (χ1n) is 7.20. The lowest BCUT2D eigenvalue weighted by atomic mass is 9.80. The fraction of sp³-hybridized carbons (Fsp3) is 1.00. The molecule has 15 heavy (non-hydrogen) atoms. The first-order valence-corrected chi connectivity index (χ1v) is 7.20. The molecule has 0 aromatic rings. The highest BCUT2D eigenvalue weighted by Crippen LogP contribution is 2.31. The van der Waals surface area contributed by atoms with Crippen LogP contribution in [-0.2, 0) is 0 Å². The van der Waals surface area contributed by atoms with Crippen molar-refractivity contribution in [1.29, 1.82) is 0 Å². The van der Waals surface area contributed by atoms with Crippen LogP contribution in [0.5, 0.6) is 0 Å². The Hall–Kier alpha value is 0. The minimum atomic E-state index is 0.890. The van der Waals surface area contributed by atoms with Crippen molar-refractivity contribution in [2.75, 3.05) is 0 Å². The van der Waals surface area contributed by atoms with E-state index in [0.717, 1.165) is 17.8 Å². The molecule has 0 nitrogen and oxygen atoms in total. The fourth-order valence-electron chi connectivity index (χ4n) is 2.89. The zero-order valence-corrected chi connectivity index (χ0v) is 11.1. The Morgan fingerprint density at radius 3 is 1.87 bits per heavy atom. The van der Waals surface area contributed by atoms with Crippen molar-refractivity contribution in [3.63, 3.8) is 0 Å². The van der Waals surface area contributed by atoms with Crippen LogP contribution in [0.3, 0.4) is 0 Å². The highest BCUT2D eigenvalue weighted by atomic mass is 14.2. The van der Waals surface area contributed by atoms with E-state index >= 15 is 0 Å². The van der Waals surface area contributed by atoms with E-state index in [1.54, 1.807) is 0 Å². The second kappa shape index (κ2) is 7.30. The average Bonchev–Trinajstić information content (AvgIpc) is 2.13. The molecule has 0 N–H and O–H groups in total. The molecular formula is C15H30. The van der Waals surface area contributed by atoms with Crippen LogP contribution >= 0.6 is 0 Å². The van der Waals surface area contributed by atoms with Gasteiger partial charge in [-0.15, -0.1) is 0 Å². The fourth-order valence-corrected chi connectivity index (χ4v) is 2.89. The molecule has 0 bridgehead atoms. The predicted octanol–water partition coefficient (Wildman–Crippen LogP) is 5.42. The van der Waals surface area contributed by atoms with E-state index in [9.17, 15) is 0 Å². The largest absolute Gasteiger partial charge is 0.0628 e. The summed E-state index contributed by atoms with van der Waals surface area (Å²) in [5.74, 6) is 2.91. The molecule has 1 saturated carbocycles. The van der Waals surface area contributed by atoms with E-state index in [1.165, 1.54) is 57.8 Å². The van der Waals surface area contributed by atoms with Gasteiger partial charge in [-0.05, 0) is 17.8 Å². The van der Waals surface area contributed by atoms with Crippen molar-refractivity contribution < 1.29 is 0 Å². The van der Waals surface area contributed by atoms with Gasteiger partial charge in [0.15, 0.2) is 0 Å². The van der Waals surface area contributed by atoms with E-state index in [2.05, 4.69) is 20.8 Å². The molecular weight excluding hydrogens is 180 g/mol. The summed E-state index contributed by atoms with van der Waals surface area (Å²) in [6.07, 6.45) is 13.4. The Balaban J connectivity index is 2.25. The average molecular weight is 210 g/mol. The quantitative estimate of drug-likeness (QED) is 0.581. The molecule has 0 radical (unpaired) electrons. The van der Waals surface area contributed by atoms with Crippen molar-refractivity contribution >= 4 is 0 Å². The van der Waals surface area contributed by atoms with Crippen molar-refractivity contribution in [2.24, 2.45) is 17.8 Å². The van der Waals surface area contributed by atoms with Gasteiger partial charge in [0.1, 0.15) is 0 Å². The zero-order valence-electron chi connectivity index (χ0n) is 11.1. The normalized spacial score (nSPS) is 22.4. The summed E-state index contributed by atoms with van der Waals surface area (Å²) in [6.45, 7) is 7.20. The summed E-state index contributed by atoms with van der Waals surface area (Å²) in [5, 5.41) is 0. The van der Waals surface area contributed by atoms with Gasteiger partial charge in [0.2, 0.25) is 0 Å². The first kappa shape index (κ1) is 13.1. The van der Waals surface area contributed by atoms with Gasteiger partial charge in [-0.1, -0.05) is 78.6 Å². The third kappa shape index (κ3) is 5.58. The van der Waals surface area contributed by atoms with Crippen LogP contribution in [0.15, 0.2) is 0 Å². The van der Waals surface area contributed by atoms with Gasteiger partial charge < -0.3 is 0 Å². The summed E-state index contributed by atoms with van der Waals surface area (Å²) in [5.41, 5.74) is 0. The number of rotatable bonds is 4. The monoisotopic (exact) mass is 210 g/mol. The van der Waals surface area contributed by atoms with Gasteiger partial charge in [-0.3, -0.25) is 0 Å². The predicted molar refractivity (Wildman–Crippen MR) is 69.0 cm³/mol. The van der Waals surface area contributed by atoms with Gasteiger partial charge in [0.25, 0.3) is 0 Å². The lowest BCUT2D eigenvalue weighted by Crippen LogP contribution is -2.14. The Bertz CT molecular complexity index is 140. The van der Waals surface area contributed by atoms with Crippen LogP contribution in [0.4, 0.5) is 0 Å². The zero-order chi connectivity index (χ0) is 11.1. The molecule has 1 aliphatic carbocycles.